The molecule has 0 heterocycles. The second kappa shape index (κ2) is 10.4. The molecule has 2 unspecified atom stereocenters. The molecule has 10 heteroatoms. The van der Waals surface area contributed by atoms with Crippen molar-refractivity contribution in [2.45, 2.75) is 26.4 Å². The molecule has 172 valence electrons. The van der Waals surface area contributed by atoms with Crippen LogP contribution in [0.15, 0.2) is 72.8 Å². The zero-order valence-electron chi connectivity index (χ0n) is 18.0. The first-order valence-corrected chi connectivity index (χ1v) is 11.7. The highest BCUT2D eigenvalue weighted by atomic mass is 31.2. The quantitative estimate of drug-likeness (QED) is 0.248. The molecule has 0 bridgehead atoms. The molecule has 0 aliphatic rings. The van der Waals surface area contributed by atoms with Crippen LogP contribution in [0.2, 0.25) is 0 Å². The number of nitro groups is 1. The number of non-ortho nitro benzene ring substituents is 1. The highest BCUT2D eigenvalue weighted by Crippen LogP contribution is 2.43. The van der Waals surface area contributed by atoms with Crippen LogP contribution in [0.3, 0.4) is 0 Å². The Balaban J connectivity index is 1.76. The number of hydrogen-bond donors (Lipinski definition) is 2. The third kappa shape index (κ3) is 6.26. The normalized spacial score (nSPS) is 13.5. The molecule has 0 saturated carbocycles. The van der Waals surface area contributed by atoms with E-state index in [4.69, 9.17) is 9.26 Å². The van der Waals surface area contributed by atoms with Crippen molar-refractivity contribution in [3.63, 3.8) is 0 Å². The molecule has 2 atom stereocenters. The van der Waals surface area contributed by atoms with Crippen LogP contribution < -0.4 is 15.4 Å². The van der Waals surface area contributed by atoms with E-state index >= 15 is 0 Å². The molecule has 3 aromatic carbocycles. The Labute approximate surface area is 190 Å². The number of ether oxygens (including phenoxy) is 1. The minimum Gasteiger partial charge on any atom is -0.455 e. The van der Waals surface area contributed by atoms with Crippen LogP contribution >= 0.6 is 7.60 Å². The molecule has 0 saturated heterocycles. The fourth-order valence-electron chi connectivity index (χ4n) is 2.82. The van der Waals surface area contributed by atoms with Crippen molar-refractivity contribution in [1.29, 1.82) is 0 Å². The maximum atomic E-state index is 12.6. The van der Waals surface area contributed by atoms with Crippen molar-refractivity contribution in [2.75, 3.05) is 5.32 Å². The Morgan fingerprint density at radius 3 is 2.48 bits per heavy atom. The van der Waals surface area contributed by atoms with Gasteiger partial charge < -0.3 is 19.5 Å². The fourth-order valence-corrected chi connectivity index (χ4v) is 4.11. The molecule has 3 aromatic rings. The average Bonchev–Trinajstić information content (AvgIpc) is 2.80. The summed E-state index contributed by atoms with van der Waals surface area (Å²) in [6.07, 6.45) is 0.239. The molecular formula is C23H23N2O7P. The second-order valence-electron chi connectivity index (χ2n) is 7.20. The van der Waals surface area contributed by atoms with Gasteiger partial charge in [0.25, 0.3) is 11.6 Å². The van der Waals surface area contributed by atoms with Crippen LogP contribution in [0.25, 0.3) is 0 Å². The maximum Gasteiger partial charge on any atom is 0.359 e. The number of rotatable bonds is 9. The first-order valence-electron chi connectivity index (χ1n) is 10.1. The standard InChI is InChI=1S/C23H23N2O7P/c1-3-16(2)32-33(29,30)20-13-11-19(12-14-20)31-22-10-5-4-9-21(22)24-23(26)17-7-6-8-18(15-17)25(27)28/h4-16H,3H2,1-2H3,(H,24,26)(H,29,30). The summed E-state index contributed by atoms with van der Waals surface area (Å²) in [5.74, 6) is 0.167. The SMILES string of the molecule is CCC(C)OP(=O)(O)c1ccc(Oc2ccccc2NC(=O)c2cccc([N+](=O)[O-])c2)cc1. The van der Waals surface area contributed by atoms with E-state index in [0.29, 0.717) is 23.6 Å². The van der Waals surface area contributed by atoms with Gasteiger partial charge in [0.15, 0.2) is 5.75 Å². The number of benzene rings is 3. The van der Waals surface area contributed by atoms with Crippen molar-refractivity contribution in [3.8, 4) is 11.5 Å². The van der Waals surface area contributed by atoms with Gasteiger partial charge in [-0.2, -0.15) is 0 Å². The molecule has 0 aliphatic heterocycles. The Morgan fingerprint density at radius 2 is 1.82 bits per heavy atom. The Morgan fingerprint density at radius 1 is 1.12 bits per heavy atom. The molecule has 1 amide bonds. The lowest BCUT2D eigenvalue weighted by Crippen LogP contribution is -2.13. The van der Waals surface area contributed by atoms with Gasteiger partial charge in [-0.15, -0.1) is 0 Å². The topological polar surface area (TPSA) is 128 Å². The lowest BCUT2D eigenvalue weighted by atomic mass is 10.2. The number of carbonyl (C=O) groups is 1. The molecule has 0 aliphatic carbocycles. The first kappa shape index (κ1) is 24.1. The monoisotopic (exact) mass is 470 g/mol. The second-order valence-corrected chi connectivity index (χ2v) is 8.97. The largest absolute Gasteiger partial charge is 0.455 e. The van der Waals surface area contributed by atoms with Gasteiger partial charge >= 0.3 is 7.60 Å². The average molecular weight is 470 g/mol. The third-order valence-corrected chi connectivity index (χ3v) is 6.34. The summed E-state index contributed by atoms with van der Waals surface area (Å²) in [5.41, 5.74) is 0.292. The van der Waals surface area contributed by atoms with E-state index in [1.165, 1.54) is 48.5 Å². The van der Waals surface area contributed by atoms with Gasteiger partial charge in [-0.3, -0.25) is 19.5 Å². The molecule has 0 spiro atoms. The molecule has 2 N–H and O–H groups in total. The van der Waals surface area contributed by atoms with Gasteiger partial charge in [-0.1, -0.05) is 25.1 Å². The Hall–Kier alpha value is -3.52. The minimum atomic E-state index is -3.95. The number of carbonyl (C=O) groups excluding carboxylic acids is 1. The summed E-state index contributed by atoms with van der Waals surface area (Å²) in [6.45, 7) is 3.58. The van der Waals surface area contributed by atoms with Crippen LogP contribution in [0.4, 0.5) is 11.4 Å². The summed E-state index contributed by atoms with van der Waals surface area (Å²) in [6, 6.07) is 18.0. The molecule has 0 aromatic heterocycles. The van der Waals surface area contributed by atoms with E-state index in [1.54, 1.807) is 31.2 Å². The van der Waals surface area contributed by atoms with Gasteiger partial charge in [0.1, 0.15) is 5.75 Å². The molecule has 0 fully saturated rings. The van der Waals surface area contributed by atoms with Crippen LogP contribution in [0.5, 0.6) is 11.5 Å². The molecular weight excluding hydrogens is 447 g/mol. The van der Waals surface area contributed by atoms with Crippen molar-refractivity contribution in [3.05, 3.63) is 88.5 Å². The van der Waals surface area contributed by atoms with Crippen molar-refractivity contribution >= 4 is 30.2 Å². The fraction of sp³-hybridized carbons (Fsp3) is 0.174. The molecule has 9 nitrogen and oxygen atoms in total. The number of para-hydroxylation sites is 2. The number of anilines is 1. The molecule has 0 radical (unpaired) electrons. The summed E-state index contributed by atoms with van der Waals surface area (Å²) in [5, 5.41) is 13.8. The number of nitrogens with one attached hydrogen (secondary N) is 1. The first-order chi connectivity index (χ1) is 15.7. The lowest BCUT2D eigenvalue weighted by molar-refractivity contribution is -0.384. The van der Waals surface area contributed by atoms with E-state index in [9.17, 15) is 24.4 Å². The number of nitrogens with zero attached hydrogens (tertiary/aromatic N) is 1. The van der Waals surface area contributed by atoms with Crippen molar-refractivity contribution in [2.24, 2.45) is 0 Å². The predicted molar refractivity (Wildman–Crippen MR) is 124 cm³/mol. The van der Waals surface area contributed by atoms with Gasteiger partial charge in [-0.25, -0.2) is 0 Å². The van der Waals surface area contributed by atoms with E-state index < -0.39 is 18.4 Å². The predicted octanol–water partition coefficient (Wildman–Crippen LogP) is 5.27. The summed E-state index contributed by atoms with van der Waals surface area (Å²) in [7, 11) is -3.95. The van der Waals surface area contributed by atoms with Crippen LogP contribution in [0.1, 0.15) is 30.6 Å². The van der Waals surface area contributed by atoms with E-state index in [-0.39, 0.29) is 22.7 Å². The summed E-state index contributed by atoms with van der Waals surface area (Å²) < 4.78 is 23.5. The number of amides is 1. The van der Waals surface area contributed by atoms with E-state index in [2.05, 4.69) is 5.32 Å². The number of nitro benzene ring substituents is 1. The van der Waals surface area contributed by atoms with Crippen LogP contribution in [-0.4, -0.2) is 21.8 Å². The summed E-state index contributed by atoms with van der Waals surface area (Å²) >= 11 is 0. The molecule has 3 rings (SSSR count). The maximum absolute atomic E-state index is 12.6. The number of hydrogen-bond acceptors (Lipinski definition) is 6. The highest BCUT2D eigenvalue weighted by molar-refractivity contribution is 7.61. The Kier molecular flexibility index (Phi) is 7.60. The van der Waals surface area contributed by atoms with Gasteiger partial charge in [0.05, 0.1) is 22.0 Å². The minimum absolute atomic E-state index is 0.128. The smallest absolute Gasteiger partial charge is 0.359 e. The van der Waals surface area contributed by atoms with Crippen molar-refractivity contribution in [1.82, 2.24) is 0 Å². The van der Waals surface area contributed by atoms with E-state index in [1.807, 2.05) is 6.92 Å². The van der Waals surface area contributed by atoms with Crippen LogP contribution in [-0.2, 0) is 9.09 Å². The van der Waals surface area contributed by atoms with Gasteiger partial charge in [0, 0.05) is 17.7 Å². The Bertz CT molecular complexity index is 1200. The van der Waals surface area contributed by atoms with Crippen molar-refractivity contribution < 1.29 is 28.4 Å². The van der Waals surface area contributed by atoms with Gasteiger partial charge in [-0.05, 0) is 55.8 Å². The molecule has 33 heavy (non-hydrogen) atoms. The third-order valence-electron chi connectivity index (χ3n) is 4.74. The zero-order valence-corrected chi connectivity index (χ0v) is 18.9. The lowest BCUT2D eigenvalue weighted by Gasteiger charge is -2.17. The van der Waals surface area contributed by atoms with Crippen LogP contribution in [0, 0.1) is 10.1 Å². The van der Waals surface area contributed by atoms with E-state index in [0.717, 1.165) is 0 Å². The van der Waals surface area contributed by atoms with Gasteiger partial charge in [0.2, 0.25) is 0 Å². The summed E-state index contributed by atoms with van der Waals surface area (Å²) in [4.78, 5) is 33.2. The highest BCUT2D eigenvalue weighted by Gasteiger charge is 2.25. The zero-order chi connectivity index (χ0) is 24.0.